The van der Waals surface area contributed by atoms with Crippen molar-refractivity contribution in [2.45, 2.75) is 25.3 Å². The molecular formula is C22H28ClN5O4S. The molecule has 0 radical (unpaired) electrons. The van der Waals surface area contributed by atoms with E-state index in [9.17, 15) is 18.0 Å². The third-order valence-corrected chi connectivity index (χ3v) is 7.90. The Morgan fingerprint density at radius 2 is 1.82 bits per heavy atom. The second-order valence-electron chi connectivity index (χ2n) is 8.62. The highest BCUT2D eigenvalue weighted by Crippen LogP contribution is 2.31. The normalized spacial score (nSPS) is 22.7. The van der Waals surface area contributed by atoms with E-state index in [0.717, 1.165) is 5.56 Å². The first kappa shape index (κ1) is 23.7. The summed E-state index contributed by atoms with van der Waals surface area (Å²) < 4.78 is 26.7. The van der Waals surface area contributed by atoms with Gasteiger partial charge in [-0.2, -0.15) is 9.40 Å². The van der Waals surface area contributed by atoms with E-state index in [4.69, 9.17) is 11.6 Å². The number of anilines is 1. The molecule has 1 N–H and O–H groups in total. The monoisotopic (exact) mass is 493 g/mol. The number of rotatable bonds is 4. The molecule has 0 saturated carbocycles. The Balaban J connectivity index is 1.44. The highest BCUT2D eigenvalue weighted by Gasteiger charge is 2.35. The lowest BCUT2D eigenvalue weighted by Gasteiger charge is -2.36. The van der Waals surface area contributed by atoms with E-state index >= 15 is 0 Å². The van der Waals surface area contributed by atoms with Crippen LogP contribution in [0.25, 0.3) is 0 Å². The Kier molecular flexibility index (Phi) is 7.06. The van der Waals surface area contributed by atoms with Crippen molar-refractivity contribution in [3.63, 3.8) is 0 Å². The molecule has 11 heteroatoms. The number of hydrogen-bond donors (Lipinski definition) is 1. The summed E-state index contributed by atoms with van der Waals surface area (Å²) in [5.41, 5.74) is 0.642. The van der Waals surface area contributed by atoms with Gasteiger partial charge in [-0.25, -0.2) is 13.5 Å². The summed E-state index contributed by atoms with van der Waals surface area (Å²) >= 11 is 6.01. The lowest BCUT2D eigenvalue weighted by Crippen LogP contribution is -2.46. The number of aromatic nitrogens is 2. The van der Waals surface area contributed by atoms with Gasteiger partial charge in [-0.1, -0.05) is 23.7 Å². The van der Waals surface area contributed by atoms with Gasteiger partial charge in [-0.3, -0.25) is 9.59 Å². The molecule has 2 aromatic rings. The van der Waals surface area contributed by atoms with Crippen LogP contribution in [0.4, 0.5) is 5.82 Å². The number of halogens is 1. The molecule has 0 aliphatic carbocycles. The van der Waals surface area contributed by atoms with Crippen LogP contribution >= 0.6 is 11.6 Å². The van der Waals surface area contributed by atoms with Gasteiger partial charge in [-0.05, 0) is 43.0 Å². The van der Waals surface area contributed by atoms with E-state index in [1.807, 2.05) is 17.0 Å². The molecule has 2 aliphatic heterocycles. The zero-order valence-corrected chi connectivity index (χ0v) is 20.1. The van der Waals surface area contributed by atoms with Crippen LogP contribution in [0.2, 0.25) is 5.02 Å². The number of benzene rings is 1. The molecule has 2 aliphatic rings. The highest BCUT2D eigenvalue weighted by molar-refractivity contribution is 7.88. The lowest BCUT2D eigenvalue weighted by molar-refractivity contribution is -0.135. The largest absolute Gasteiger partial charge is 0.354 e. The summed E-state index contributed by atoms with van der Waals surface area (Å²) in [6.45, 7) is 2.39. The Bertz CT molecular complexity index is 1130. The van der Waals surface area contributed by atoms with E-state index in [2.05, 4.69) is 10.2 Å². The van der Waals surface area contributed by atoms with Crippen molar-refractivity contribution in [1.82, 2.24) is 19.4 Å². The van der Waals surface area contributed by atoms with Crippen molar-refractivity contribution in [1.29, 1.82) is 0 Å². The fraction of sp³-hybridized carbons (Fsp3) is 0.500. The predicted octanol–water partition coefficient (Wildman–Crippen LogP) is 1.87. The standard InChI is InChI=1S/C22H28ClN5O4S/c1-33(31,32)28-14-13-26(11-2-3-19(28)16-4-6-18(23)7-5-16)22(30)17-10-12-27(15-17)20-8-9-21(29)25-24-20/h4-9,17,19H,2-3,10-15H2,1H3,(H,25,29)/t17-,19?/m0/s1. The van der Waals surface area contributed by atoms with Gasteiger partial charge in [0.15, 0.2) is 0 Å². The van der Waals surface area contributed by atoms with E-state index in [0.29, 0.717) is 56.3 Å². The first-order valence-electron chi connectivity index (χ1n) is 11.0. The average molecular weight is 494 g/mol. The summed E-state index contributed by atoms with van der Waals surface area (Å²) in [6, 6.07) is 10.1. The maximum absolute atomic E-state index is 13.3. The predicted molar refractivity (Wildman–Crippen MR) is 127 cm³/mol. The molecule has 2 atom stereocenters. The smallest absolute Gasteiger partial charge is 0.264 e. The number of amides is 1. The molecule has 33 heavy (non-hydrogen) atoms. The maximum atomic E-state index is 13.3. The van der Waals surface area contributed by atoms with Crippen LogP contribution < -0.4 is 10.5 Å². The second kappa shape index (κ2) is 9.82. The van der Waals surface area contributed by atoms with Crippen LogP contribution in [0.1, 0.15) is 30.9 Å². The van der Waals surface area contributed by atoms with Gasteiger partial charge in [0.1, 0.15) is 5.82 Å². The Morgan fingerprint density at radius 3 is 2.48 bits per heavy atom. The van der Waals surface area contributed by atoms with Crippen LogP contribution in [0.5, 0.6) is 0 Å². The fourth-order valence-corrected chi connectivity index (χ4v) is 5.91. The molecule has 1 amide bonds. The molecule has 178 valence electrons. The number of hydrogen-bond acceptors (Lipinski definition) is 6. The number of sulfonamides is 1. The van der Waals surface area contributed by atoms with Gasteiger partial charge in [0, 0.05) is 49.9 Å². The van der Waals surface area contributed by atoms with Crippen molar-refractivity contribution in [2.75, 3.05) is 43.9 Å². The third kappa shape index (κ3) is 5.56. The van der Waals surface area contributed by atoms with Crippen molar-refractivity contribution < 1.29 is 13.2 Å². The van der Waals surface area contributed by atoms with Crippen LogP contribution in [0, 0.1) is 5.92 Å². The van der Waals surface area contributed by atoms with Crippen molar-refractivity contribution in [2.24, 2.45) is 5.92 Å². The molecule has 1 aromatic heterocycles. The summed E-state index contributed by atoms with van der Waals surface area (Å²) in [6.07, 6.45) is 3.23. The molecule has 1 unspecified atom stereocenters. The van der Waals surface area contributed by atoms with Gasteiger partial charge in [-0.15, -0.1) is 0 Å². The van der Waals surface area contributed by atoms with Crippen LogP contribution in [-0.4, -0.2) is 72.7 Å². The topological polar surface area (TPSA) is 107 Å². The Morgan fingerprint density at radius 1 is 1.06 bits per heavy atom. The molecule has 2 fully saturated rings. The third-order valence-electron chi connectivity index (χ3n) is 6.36. The maximum Gasteiger partial charge on any atom is 0.264 e. The first-order chi connectivity index (χ1) is 15.7. The van der Waals surface area contributed by atoms with Gasteiger partial charge in [0.25, 0.3) is 5.56 Å². The zero-order chi connectivity index (χ0) is 23.6. The average Bonchev–Trinajstić information content (AvgIpc) is 3.24. The molecular weight excluding hydrogens is 466 g/mol. The van der Waals surface area contributed by atoms with Crippen molar-refractivity contribution in [3.05, 3.63) is 57.3 Å². The Labute approximate surface area is 198 Å². The number of nitrogens with zero attached hydrogens (tertiary/aromatic N) is 4. The number of H-pyrrole nitrogens is 1. The molecule has 2 saturated heterocycles. The number of carbonyl (C=O) groups excluding carboxylic acids is 1. The highest BCUT2D eigenvalue weighted by atomic mass is 35.5. The van der Waals surface area contributed by atoms with E-state index < -0.39 is 10.0 Å². The van der Waals surface area contributed by atoms with Crippen LogP contribution in [0.3, 0.4) is 0 Å². The molecule has 0 bridgehead atoms. The van der Waals surface area contributed by atoms with Crippen LogP contribution in [-0.2, 0) is 14.8 Å². The first-order valence-corrected chi connectivity index (χ1v) is 13.3. The number of nitrogens with one attached hydrogen (secondary N) is 1. The number of aromatic amines is 1. The Hall–Kier alpha value is -2.43. The lowest BCUT2D eigenvalue weighted by atomic mass is 10.00. The van der Waals surface area contributed by atoms with E-state index in [1.54, 1.807) is 23.1 Å². The van der Waals surface area contributed by atoms with Crippen molar-refractivity contribution >= 4 is 33.3 Å². The SMILES string of the molecule is CS(=O)(=O)N1CCN(C(=O)[C@H]2CCN(c3ccc(=O)[nH]n3)C2)CCCC1c1ccc(Cl)cc1. The molecule has 3 heterocycles. The second-order valence-corrected chi connectivity index (χ2v) is 11.0. The number of carbonyl (C=O) groups is 1. The van der Waals surface area contributed by atoms with E-state index in [1.165, 1.54) is 16.6 Å². The quantitative estimate of drug-likeness (QED) is 0.697. The molecule has 9 nitrogen and oxygen atoms in total. The minimum atomic E-state index is -3.47. The summed E-state index contributed by atoms with van der Waals surface area (Å²) in [5, 5.41) is 7.09. The van der Waals surface area contributed by atoms with Gasteiger partial charge in [0.05, 0.1) is 12.2 Å². The summed E-state index contributed by atoms with van der Waals surface area (Å²) in [4.78, 5) is 28.3. The minimum absolute atomic E-state index is 0.0420. The summed E-state index contributed by atoms with van der Waals surface area (Å²) in [7, 11) is -3.47. The van der Waals surface area contributed by atoms with Crippen molar-refractivity contribution in [3.8, 4) is 0 Å². The molecule has 0 spiro atoms. The zero-order valence-electron chi connectivity index (χ0n) is 18.5. The van der Waals surface area contributed by atoms with Gasteiger partial charge in [0.2, 0.25) is 15.9 Å². The molecule has 1 aromatic carbocycles. The fourth-order valence-electron chi connectivity index (χ4n) is 4.68. The van der Waals surface area contributed by atoms with Gasteiger partial charge >= 0.3 is 0 Å². The minimum Gasteiger partial charge on any atom is -0.354 e. The molecule has 4 rings (SSSR count). The van der Waals surface area contributed by atoms with E-state index in [-0.39, 0.29) is 30.0 Å². The summed E-state index contributed by atoms with van der Waals surface area (Å²) in [5.74, 6) is 0.504. The van der Waals surface area contributed by atoms with Gasteiger partial charge < -0.3 is 9.80 Å². The van der Waals surface area contributed by atoms with Crippen LogP contribution in [0.15, 0.2) is 41.2 Å².